The van der Waals surface area contributed by atoms with Crippen LogP contribution in [0.2, 0.25) is 0 Å². The number of aromatic nitrogens is 1. The van der Waals surface area contributed by atoms with Crippen molar-refractivity contribution in [3.63, 3.8) is 0 Å². The number of nitriles is 1. The molecule has 4 unspecified atom stereocenters. The summed E-state index contributed by atoms with van der Waals surface area (Å²) in [5.74, 6) is 3.90. The normalized spacial score (nSPS) is 39.4. The average molecular weight is 239 g/mol. The number of hydrogen-bond donors (Lipinski definition) is 1. The molecular weight excluding hydrogens is 222 g/mol. The third-order valence-electron chi connectivity index (χ3n) is 5.26. The molecule has 18 heavy (non-hydrogen) atoms. The van der Waals surface area contributed by atoms with Crippen molar-refractivity contribution in [3.8, 4) is 6.07 Å². The number of nitrogens with zero attached hydrogens (tertiary/aromatic N) is 2. The predicted molar refractivity (Wildman–Crippen MR) is 67.4 cm³/mol. The first-order valence-corrected chi connectivity index (χ1v) is 6.96. The molecule has 92 valence electrons. The van der Waals surface area contributed by atoms with E-state index in [1.807, 2.05) is 12.1 Å². The Labute approximate surface area is 107 Å². The van der Waals surface area contributed by atoms with Crippen LogP contribution in [0.15, 0.2) is 18.3 Å². The highest BCUT2D eigenvalue weighted by atomic mass is 15.0. The molecule has 4 rings (SSSR count). The highest BCUT2D eigenvalue weighted by Gasteiger charge is 2.64. The van der Waals surface area contributed by atoms with Gasteiger partial charge in [0.15, 0.2) is 0 Å². The van der Waals surface area contributed by atoms with Gasteiger partial charge < -0.3 is 5.32 Å². The van der Waals surface area contributed by atoms with Crippen LogP contribution in [0.25, 0.3) is 0 Å². The van der Waals surface area contributed by atoms with Gasteiger partial charge in [-0.15, -0.1) is 0 Å². The number of pyridine rings is 1. The lowest BCUT2D eigenvalue weighted by Crippen LogP contribution is -2.23. The fourth-order valence-corrected chi connectivity index (χ4v) is 4.51. The van der Waals surface area contributed by atoms with Crippen molar-refractivity contribution in [2.45, 2.75) is 31.8 Å². The van der Waals surface area contributed by atoms with Crippen molar-refractivity contribution in [2.24, 2.45) is 23.7 Å². The van der Waals surface area contributed by atoms with Crippen LogP contribution in [0.4, 0.5) is 0 Å². The molecule has 3 heteroatoms. The minimum absolute atomic E-state index is 0.568. The molecule has 3 fully saturated rings. The van der Waals surface area contributed by atoms with E-state index in [0.717, 1.165) is 41.8 Å². The summed E-state index contributed by atoms with van der Waals surface area (Å²) in [5, 5.41) is 12.7. The maximum Gasteiger partial charge on any atom is 0.144 e. The zero-order chi connectivity index (χ0) is 12.1. The largest absolute Gasteiger partial charge is 0.309 e. The lowest BCUT2D eigenvalue weighted by atomic mass is 10.0. The molecule has 1 aromatic heterocycles. The van der Waals surface area contributed by atoms with Crippen molar-refractivity contribution < 1.29 is 0 Å². The smallest absolute Gasteiger partial charge is 0.144 e. The second-order valence-corrected chi connectivity index (χ2v) is 6.02. The van der Waals surface area contributed by atoms with Crippen molar-refractivity contribution in [1.29, 1.82) is 5.26 Å². The van der Waals surface area contributed by atoms with Gasteiger partial charge in [0.25, 0.3) is 0 Å². The molecule has 0 aliphatic heterocycles. The molecule has 3 saturated carbocycles. The maximum atomic E-state index is 9.01. The Morgan fingerprint density at radius 1 is 1.33 bits per heavy atom. The highest BCUT2D eigenvalue weighted by Crippen LogP contribution is 2.65. The molecule has 0 aromatic carbocycles. The summed E-state index contributed by atoms with van der Waals surface area (Å²) in [6.45, 7) is 0.799. The first-order valence-electron chi connectivity index (χ1n) is 6.96. The second-order valence-electron chi connectivity index (χ2n) is 6.02. The summed E-state index contributed by atoms with van der Waals surface area (Å²) in [6.07, 6.45) is 6.10. The van der Waals surface area contributed by atoms with E-state index in [0.29, 0.717) is 5.69 Å². The summed E-state index contributed by atoms with van der Waals surface area (Å²) in [6, 6.07) is 6.81. The zero-order valence-corrected chi connectivity index (χ0v) is 10.3. The van der Waals surface area contributed by atoms with Crippen LogP contribution in [0, 0.1) is 35.0 Å². The van der Waals surface area contributed by atoms with Crippen LogP contribution in [0.5, 0.6) is 0 Å². The molecule has 0 amide bonds. The minimum Gasteiger partial charge on any atom is -0.309 e. The molecule has 0 saturated heterocycles. The maximum absolute atomic E-state index is 9.01. The van der Waals surface area contributed by atoms with E-state index in [4.69, 9.17) is 5.26 Å². The molecule has 3 aliphatic rings. The minimum atomic E-state index is 0.568. The number of fused-ring (bicyclic) bond motifs is 5. The first kappa shape index (κ1) is 10.5. The Balaban J connectivity index is 1.42. The van der Waals surface area contributed by atoms with Gasteiger partial charge in [-0.25, -0.2) is 4.98 Å². The van der Waals surface area contributed by atoms with Gasteiger partial charge in [-0.05, 0) is 49.0 Å². The summed E-state index contributed by atoms with van der Waals surface area (Å²) in [5.41, 5.74) is 1.61. The lowest BCUT2D eigenvalue weighted by Gasteiger charge is -2.10. The molecule has 2 bridgehead atoms. The Bertz CT molecular complexity index is 503. The van der Waals surface area contributed by atoms with E-state index in [2.05, 4.69) is 16.4 Å². The molecule has 4 atom stereocenters. The van der Waals surface area contributed by atoms with E-state index in [1.54, 1.807) is 6.20 Å². The molecule has 1 heterocycles. The van der Waals surface area contributed by atoms with Crippen molar-refractivity contribution in [3.05, 3.63) is 29.6 Å². The van der Waals surface area contributed by atoms with Crippen LogP contribution in [0.3, 0.4) is 0 Å². The highest BCUT2D eigenvalue weighted by molar-refractivity contribution is 5.30. The van der Waals surface area contributed by atoms with Gasteiger partial charge in [0.1, 0.15) is 11.8 Å². The summed E-state index contributed by atoms with van der Waals surface area (Å²) < 4.78 is 0. The average Bonchev–Trinajstić information content (AvgIpc) is 2.80. The van der Waals surface area contributed by atoms with E-state index in [1.165, 1.54) is 19.3 Å². The van der Waals surface area contributed by atoms with Crippen molar-refractivity contribution >= 4 is 0 Å². The first-order chi connectivity index (χ1) is 8.88. The molecule has 0 radical (unpaired) electrons. The summed E-state index contributed by atoms with van der Waals surface area (Å²) >= 11 is 0. The van der Waals surface area contributed by atoms with Gasteiger partial charge in [0.2, 0.25) is 0 Å². The number of nitrogens with one attached hydrogen (secondary N) is 1. The molecule has 0 spiro atoms. The summed E-state index contributed by atoms with van der Waals surface area (Å²) in [4.78, 5) is 4.11. The van der Waals surface area contributed by atoms with E-state index < -0.39 is 0 Å². The Hall–Kier alpha value is -1.40. The molecule has 3 aliphatic carbocycles. The third-order valence-corrected chi connectivity index (χ3v) is 5.26. The van der Waals surface area contributed by atoms with Crippen LogP contribution >= 0.6 is 0 Å². The van der Waals surface area contributed by atoms with Gasteiger partial charge in [0.05, 0.1) is 0 Å². The van der Waals surface area contributed by atoms with E-state index in [-0.39, 0.29) is 0 Å². The fourth-order valence-electron chi connectivity index (χ4n) is 4.51. The lowest BCUT2D eigenvalue weighted by molar-refractivity contribution is 0.456. The predicted octanol–water partition coefficient (Wildman–Crippen LogP) is 2.09. The van der Waals surface area contributed by atoms with Gasteiger partial charge >= 0.3 is 0 Å². The van der Waals surface area contributed by atoms with Gasteiger partial charge in [-0.1, -0.05) is 6.07 Å². The number of rotatable bonds is 3. The van der Waals surface area contributed by atoms with E-state index >= 15 is 0 Å². The van der Waals surface area contributed by atoms with Crippen LogP contribution in [-0.2, 0) is 6.54 Å². The summed E-state index contributed by atoms with van der Waals surface area (Å²) in [7, 11) is 0. The standard InChI is InChI=1S/C15H17N3/c16-7-12-11(2-1-5-17-12)8-18-15-13-9-3-4-10(6-9)14(13)15/h1-2,5,9-10,13-15,18H,3-4,6,8H2. The van der Waals surface area contributed by atoms with Gasteiger partial charge in [-0.3, -0.25) is 0 Å². The van der Waals surface area contributed by atoms with Gasteiger partial charge in [-0.2, -0.15) is 5.26 Å². The van der Waals surface area contributed by atoms with Gasteiger partial charge in [0, 0.05) is 24.3 Å². The van der Waals surface area contributed by atoms with E-state index in [9.17, 15) is 0 Å². The number of hydrogen-bond acceptors (Lipinski definition) is 3. The SMILES string of the molecule is N#Cc1ncccc1CNC1C2C3CCC(C3)C12. The third kappa shape index (κ3) is 1.42. The Morgan fingerprint density at radius 3 is 2.83 bits per heavy atom. The van der Waals surface area contributed by atoms with Crippen LogP contribution in [-0.4, -0.2) is 11.0 Å². The molecule has 1 aromatic rings. The fraction of sp³-hybridized carbons (Fsp3) is 0.600. The quantitative estimate of drug-likeness (QED) is 0.878. The Morgan fingerprint density at radius 2 is 2.11 bits per heavy atom. The van der Waals surface area contributed by atoms with Crippen molar-refractivity contribution in [2.75, 3.05) is 0 Å². The van der Waals surface area contributed by atoms with Crippen LogP contribution < -0.4 is 5.32 Å². The van der Waals surface area contributed by atoms with Crippen molar-refractivity contribution in [1.82, 2.24) is 10.3 Å². The molecule has 3 nitrogen and oxygen atoms in total. The monoisotopic (exact) mass is 239 g/mol. The topological polar surface area (TPSA) is 48.7 Å². The van der Waals surface area contributed by atoms with Crippen LogP contribution in [0.1, 0.15) is 30.5 Å². The molecule has 1 N–H and O–H groups in total. The Kier molecular flexibility index (Phi) is 2.22. The second kappa shape index (κ2) is 3.80. The zero-order valence-electron chi connectivity index (χ0n) is 10.3. The molecular formula is C15H17N3.